The molecule has 0 atom stereocenters. The van der Waals surface area contributed by atoms with Crippen LogP contribution < -0.4 is 4.74 Å². The number of benzene rings is 3. The van der Waals surface area contributed by atoms with Crippen LogP contribution in [0.2, 0.25) is 5.02 Å². The Bertz CT molecular complexity index is 890. The van der Waals surface area contributed by atoms with Crippen molar-refractivity contribution in [3.63, 3.8) is 0 Å². The van der Waals surface area contributed by atoms with Crippen LogP contribution in [0.5, 0.6) is 11.5 Å². The quantitative estimate of drug-likeness (QED) is 0.544. The molecule has 25 heavy (non-hydrogen) atoms. The number of esters is 1. The van der Waals surface area contributed by atoms with Crippen LogP contribution in [0, 0.1) is 6.92 Å². The van der Waals surface area contributed by atoms with Crippen molar-refractivity contribution in [3.8, 4) is 11.5 Å². The molecule has 0 aromatic heterocycles. The average molecular weight is 353 g/mol. The lowest BCUT2D eigenvalue weighted by Gasteiger charge is -2.12. The summed E-state index contributed by atoms with van der Waals surface area (Å²) < 4.78 is 11.3. The Morgan fingerprint density at radius 3 is 2.28 bits per heavy atom. The fourth-order valence-corrected chi connectivity index (χ4v) is 2.54. The predicted octanol–water partition coefficient (Wildman–Crippen LogP) is 5.80. The molecular formula is C21H17ClO3. The molecule has 0 bridgehead atoms. The molecule has 0 N–H and O–H groups in total. The summed E-state index contributed by atoms with van der Waals surface area (Å²) in [6, 6.07) is 21.9. The summed E-state index contributed by atoms with van der Waals surface area (Å²) in [6.45, 7) is 2.06. The molecule has 3 aromatic carbocycles. The van der Waals surface area contributed by atoms with Gasteiger partial charge in [0.05, 0.1) is 0 Å². The minimum atomic E-state index is -0.455. The van der Waals surface area contributed by atoms with E-state index in [0.29, 0.717) is 22.1 Å². The molecule has 0 aliphatic heterocycles. The SMILES string of the molecule is Cc1ccccc1Oc1ccccc1C(=O)OCc1ccccc1Cl. The van der Waals surface area contributed by atoms with Crippen molar-refractivity contribution in [1.82, 2.24) is 0 Å². The van der Waals surface area contributed by atoms with Gasteiger partial charge in [0.2, 0.25) is 0 Å². The van der Waals surface area contributed by atoms with E-state index < -0.39 is 5.97 Å². The summed E-state index contributed by atoms with van der Waals surface area (Å²) in [5, 5.41) is 0.569. The molecule has 4 heteroatoms. The fraction of sp³-hybridized carbons (Fsp3) is 0.0952. The van der Waals surface area contributed by atoms with E-state index in [-0.39, 0.29) is 6.61 Å². The normalized spacial score (nSPS) is 10.3. The second-order valence-electron chi connectivity index (χ2n) is 5.53. The first-order chi connectivity index (χ1) is 12.1. The van der Waals surface area contributed by atoms with Crippen LogP contribution in [-0.2, 0) is 11.3 Å². The summed E-state index contributed by atoms with van der Waals surface area (Å²) in [5.41, 5.74) is 2.12. The van der Waals surface area contributed by atoms with Gasteiger partial charge in [0.25, 0.3) is 0 Å². The molecule has 0 amide bonds. The average Bonchev–Trinajstić information content (AvgIpc) is 2.63. The summed E-state index contributed by atoms with van der Waals surface area (Å²) in [6.07, 6.45) is 0. The van der Waals surface area contributed by atoms with Gasteiger partial charge in [0.15, 0.2) is 0 Å². The van der Waals surface area contributed by atoms with Crippen LogP contribution in [0.15, 0.2) is 72.8 Å². The number of hydrogen-bond donors (Lipinski definition) is 0. The highest BCUT2D eigenvalue weighted by Crippen LogP contribution is 2.28. The number of rotatable bonds is 5. The van der Waals surface area contributed by atoms with Gasteiger partial charge in [-0.1, -0.05) is 60.1 Å². The molecule has 3 aromatic rings. The molecule has 0 fully saturated rings. The molecule has 0 saturated carbocycles. The van der Waals surface area contributed by atoms with E-state index in [1.807, 2.05) is 55.5 Å². The maximum absolute atomic E-state index is 12.5. The number of aryl methyl sites for hydroxylation is 1. The monoisotopic (exact) mass is 352 g/mol. The number of ether oxygens (including phenoxy) is 2. The third kappa shape index (κ3) is 4.20. The van der Waals surface area contributed by atoms with Crippen molar-refractivity contribution in [2.24, 2.45) is 0 Å². The maximum Gasteiger partial charge on any atom is 0.342 e. The van der Waals surface area contributed by atoms with E-state index in [1.165, 1.54) is 0 Å². The van der Waals surface area contributed by atoms with Crippen LogP contribution in [0.3, 0.4) is 0 Å². The lowest BCUT2D eigenvalue weighted by atomic mass is 10.2. The Kier molecular flexibility index (Phi) is 5.36. The van der Waals surface area contributed by atoms with E-state index in [2.05, 4.69) is 0 Å². The highest BCUT2D eigenvalue weighted by Gasteiger charge is 2.15. The second-order valence-corrected chi connectivity index (χ2v) is 5.94. The Morgan fingerprint density at radius 1 is 0.880 bits per heavy atom. The van der Waals surface area contributed by atoms with Gasteiger partial charge in [-0.2, -0.15) is 0 Å². The fourth-order valence-electron chi connectivity index (χ4n) is 2.35. The van der Waals surface area contributed by atoms with Crippen molar-refractivity contribution in [2.45, 2.75) is 13.5 Å². The third-order valence-corrected chi connectivity index (χ3v) is 4.11. The number of halogens is 1. The lowest BCUT2D eigenvalue weighted by Crippen LogP contribution is -2.07. The zero-order valence-corrected chi connectivity index (χ0v) is 14.5. The molecule has 3 nitrogen and oxygen atoms in total. The molecule has 0 aliphatic carbocycles. The van der Waals surface area contributed by atoms with Gasteiger partial charge >= 0.3 is 5.97 Å². The topological polar surface area (TPSA) is 35.5 Å². The zero-order chi connectivity index (χ0) is 17.6. The summed E-state index contributed by atoms with van der Waals surface area (Å²) in [5.74, 6) is 0.707. The Balaban J connectivity index is 1.77. The largest absolute Gasteiger partial charge is 0.457 e. The Hall–Kier alpha value is -2.78. The van der Waals surface area contributed by atoms with Gasteiger partial charge in [-0.25, -0.2) is 4.79 Å². The van der Waals surface area contributed by atoms with Crippen LogP contribution in [0.1, 0.15) is 21.5 Å². The van der Waals surface area contributed by atoms with Crippen LogP contribution in [0.25, 0.3) is 0 Å². The van der Waals surface area contributed by atoms with Crippen LogP contribution in [0.4, 0.5) is 0 Å². The zero-order valence-electron chi connectivity index (χ0n) is 13.7. The summed E-state index contributed by atoms with van der Waals surface area (Å²) >= 11 is 6.09. The molecule has 0 radical (unpaired) electrons. The van der Waals surface area contributed by atoms with Gasteiger partial charge in [-0.15, -0.1) is 0 Å². The maximum atomic E-state index is 12.5. The number of carbonyl (C=O) groups is 1. The van der Waals surface area contributed by atoms with Gasteiger partial charge in [0, 0.05) is 10.6 Å². The van der Waals surface area contributed by atoms with Gasteiger partial charge in [-0.05, 0) is 36.8 Å². The van der Waals surface area contributed by atoms with Gasteiger partial charge < -0.3 is 9.47 Å². The Labute approximate surface area is 151 Å². The smallest absolute Gasteiger partial charge is 0.342 e. The highest BCUT2D eigenvalue weighted by atomic mass is 35.5. The molecule has 0 saturated heterocycles. The number of hydrogen-bond acceptors (Lipinski definition) is 3. The van der Waals surface area contributed by atoms with E-state index in [1.54, 1.807) is 24.3 Å². The predicted molar refractivity (Wildman–Crippen MR) is 98.3 cm³/mol. The van der Waals surface area contributed by atoms with E-state index in [4.69, 9.17) is 21.1 Å². The van der Waals surface area contributed by atoms with E-state index in [9.17, 15) is 4.79 Å². The van der Waals surface area contributed by atoms with Crippen molar-refractivity contribution in [1.29, 1.82) is 0 Å². The van der Waals surface area contributed by atoms with Gasteiger partial charge in [-0.3, -0.25) is 0 Å². The molecular weight excluding hydrogens is 336 g/mol. The molecule has 3 rings (SSSR count). The molecule has 126 valence electrons. The first-order valence-electron chi connectivity index (χ1n) is 7.88. The number of para-hydroxylation sites is 2. The highest BCUT2D eigenvalue weighted by molar-refractivity contribution is 6.31. The Morgan fingerprint density at radius 2 is 1.52 bits per heavy atom. The summed E-state index contributed by atoms with van der Waals surface area (Å²) in [4.78, 5) is 12.5. The second kappa shape index (κ2) is 7.86. The first kappa shape index (κ1) is 17.1. The number of carbonyl (C=O) groups excluding carboxylic acids is 1. The van der Waals surface area contributed by atoms with Crippen molar-refractivity contribution in [3.05, 3.63) is 94.5 Å². The van der Waals surface area contributed by atoms with E-state index in [0.717, 1.165) is 11.1 Å². The third-order valence-electron chi connectivity index (χ3n) is 3.74. The molecule has 0 spiro atoms. The molecule has 0 heterocycles. The minimum absolute atomic E-state index is 0.108. The lowest BCUT2D eigenvalue weighted by molar-refractivity contribution is 0.0470. The van der Waals surface area contributed by atoms with Crippen molar-refractivity contribution < 1.29 is 14.3 Å². The first-order valence-corrected chi connectivity index (χ1v) is 8.26. The summed E-state index contributed by atoms with van der Waals surface area (Å²) in [7, 11) is 0. The van der Waals surface area contributed by atoms with Crippen LogP contribution >= 0.6 is 11.6 Å². The molecule has 0 aliphatic rings. The van der Waals surface area contributed by atoms with Gasteiger partial charge in [0.1, 0.15) is 23.7 Å². The molecule has 0 unspecified atom stereocenters. The standard InChI is InChI=1S/C21H17ClO3/c1-15-8-2-6-12-19(15)25-20-13-7-4-10-17(20)21(23)24-14-16-9-3-5-11-18(16)22/h2-13H,14H2,1H3. The van der Waals surface area contributed by atoms with E-state index >= 15 is 0 Å². The van der Waals surface area contributed by atoms with Crippen LogP contribution in [-0.4, -0.2) is 5.97 Å². The van der Waals surface area contributed by atoms with Crippen molar-refractivity contribution in [2.75, 3.05) is 0 Å². The van der Waals surface area contributed by atoms with Crippen molar-refractivity contribution >= 4 is 17.6 Å². The minimum Gasteiger partial charge on any atom is -0.457 e.